The van der Waals surface area contributed by atoms with E-state index in [9.17, 15) is 0 Å². The molecule has 60 heavy (non-hydrogen) atoms. The van der Waals surface area contributed by atoms with Crippen LogP contribution in [-0.4, -0.2) is 19.5 Å². The summed E-state index contributed by atoms with van der Waals surface area (Å²) in [6, 6.07) is 59.9. The van der Waals surface area contributed by atoms with Crippen LogP contribution in [0.15, 0.2) is 164 Å². The van der Waals surface area contributed by atoms with Crippen molar-refractivity contribution in [3.05, 3.63) is 192 Å². The van der Waals surface area contributed by atoms with Crippen molar-refractivity contribution in [1.29, 1.82) is 0 Å². The predicted octanol–water partition coefficient (Wildman–Crippen LogP) is 13.7. The second-order valence-electron chi connectivity index (χ2n) is 17.9. The highest BCUT2D eigenvalue weighted by Gasteiger charge is 2.47. The largest absolute Gasteiger partial charge is 0.309 e. The van der Waals surface area contributed by atoms with Crippen molar-refractivity contribution in [2.75, 3.05) is 0 Å². The number of hydrogen-bond acceptors (Lipinski definition) is 3. The summed E-state index contributed by atoms with van der Waals surface area (Å²) in [5.74, 6) is 5.57. The van der Waals surface area contributed by atoms with Crippen molar-refractivity contribution in [3.8, 4) is 51.0 Å². The van der Waals surface area contributed by atoms with E-state index in [-0.39, 0.29) is 5.92 Å². The van der Waals surface area contributed by atoms with Gasteiger partial charge < -0.3 is 4.57 Å². The van der Waals surface area contributed by atoms with Crippen LogP contribution in [-0.2, 0) is 6.42 Å². The molecule has 5 unspecified atom stereocenters. The molecule has 0 amide bonds. The Morgan fingerprint density at radius 2 is 1.15 bits per heavy atom. The minimum absolute atomic E-state index is 0.276. The summed E-state index contributed by atoms with van der Waals surface area (Å²) in [7, 11) is 0. The molecule has 0 saturated heterocycles. The lowest BCUT2D eigenvalue weighted by Gasteiger charge is -2.36. The molecule has 13 rings (SSSR count). The normalized spacial score (nSPS) is 20.7. The Bertz CT molecular complexity index is 3050. The van der Waals surface area contributed by atoms with Crippen LogP contribution < -0.4 is 0 Å². The smallest absolute Gasteiger partial charge is 0.164 e. The van der Waals surface area contributed by atoms with E-state index in [1.54, 1.807) is 11.1 Å². The van der Waals surface area contributed by atoms with E-state index in [4.69, 9.17) is 15.0 Å². The molecule has 9 aromatic rings. The third kappa shape index (κ3) is 5.33. The van der Waals surface area contributed by atoms with Gasteiger partial charge in [0, 0.05) is 39.1 Å². The Kier molecular flexibility index (Phi) is 7.67. The maximum Gasteiger partial charge on any atom is 0.164 e. The predicted molar refractivity (Wildman–Crippen MR) is 243 cm³/mol. The zero-order chi connectivity index (χ0) is 39.3. The quantitative estimate of drug-likeness (QED) is 0.162. The van der Waals surface area contributed by atoms with Crippen molar-refractivity contribution >= 4 is 21.8 Å². The summed E-state index contributed by atoms with van der Waals surface area (Å²) in [5, 5.41) is 2.82. The monoisotopic (exact) mass is 772 g/mol. The average molecular weight is 773 g/mol. The number of nitrogens with zero attached hydrogens (tertiary/aromatic N) is 4. The van der Waals surface area contributed by atoms with Gasteiger partial charge in [0.05, 0.1) is 11.0 Å². The van der Waals surface area contributed by atoms with Gasteiger partial charge in [0.25, 0.3) is 0 Å². The SMILES string of the molecule is c1ccc(-c2nc(-c3ccccc3)nc(-c3ccc(CCC4c5ccccc5-c5ccc6c7cc8c(cc7n(-c7ccccc7)c6c54)C4CC5CC8CC4C5)cc3)n2)cc1. The zero-order valence-corrected chi connectivity index (χ0v) is 33.5. The molecule has 0 radical (unpaired) electrons. The van der Waals surface area contributed by atoms with E-state index in [0.717, 1.165) is 53.2 Å². The Morgan fingerprint density at radius 1 is 0.500 bits per heavy atom. The number of benzene rings is 7. The highest BCUT2D eigenvalue weighted by Crippen LogP contribution is 2.61. The number of aromatic nitrogens is 4. The fraction of sp³-hybridized carbons (Fsp3) is 0.196. The third-order valence-electron chi connectivity index (χ3n) is 14.6. The minimum Gasteiger partial charge on any atom is -0.309 e. The molecule has 4 nitrogen and oxygen atoms in total. The summed E-state index contributed by atoms with van der Waals surface area (Å²) < 4.78 is 2.64. The molecular weight excluding hydrogens is 729 g/mol. The van der Waals surface area contributed by atoms with Crippen LogP contribution in [0, 0.1) is 11.8 Å². The van der Waals surface area contributed by atoms with Crippen LogP contribution in [0.3, 0.4) is 0 Å². The molecule has 4 heteroatoms. The highest BCUT2D eigenvalue weighted by atomic mass is 15.0. The molecule has 4 aliphatic carbocycles. The van der Waals surface area contributed by atoms with E-state index in [2.05, 4.69) is 132 Å². The molecule has 0 spiro atoms. The van der Waals surface area contributed by atoms with Gasteiger partial charge in [-0.3, -0.25) is 0 Å². The Hall–Kier alpha value is -6.65. The molecule has 5 atom stereocenters. The van der Waals surface area contributed by atoms with Crippen LogP contribution >= 0.6 is 0 Å². The summed E-state index contributed by atoms with van der Waals surface area (Å²) in [5.41, 5.74) is 17.3. The second kappa shape index (κ2) is 13.4. The fourth-order valence-electron chi connectivity index (χ4n) is 12.1. The number of rotatable bonds is 7. The van der Waals surface area contributed by atoms with Crippen molar-refractivity contribution in [2.45, 2.75) is 56.3 Å². The summed E-state index contributed by atoms with van der Waals surface area (Å²) in [4.78, 5) is 14.9. The summed E-state index contributed by atoms with van der Waals surface area (Å²) >= 11 is 0. The molecule has 2 fully saturated rings. The number of para-hydroxylation sites is 1. The van der Waals surface area contributed by atoms with Gasteiger partial charge in [0.15, 0.2) is 17.5 Å². The van der Waals surface area contributed by atoms with Crippen molar-refractivity contribution in [1.82, 2.24) is 19.5 Å². The first-order chi connectivity index (χ1) is 29.7. The van der Waals surface area contributed by atoms with Gasteiger partial charge >= 0.3 is 0 Å². The first-order valence-electron chi connectivity index (χ1n) is 22.0. The molecule has 0 aliphatic heterocycles. The summed E-state index contributed by atoms with van der Waals surface area (Å²) in [6.45, 7) is 0. The van der Waals surface area contributed by atoms with Crippen molar-refractivity contribution < 1.29 is 0 Å². The molecular formula is C56H44N4. The molecule has 2 aromatic heterocycles. The summed E-state index contributed by atoms with van der Waals surface area (Å²) in [6.07, 6.45) is 7.59. The molecule has 3 bridgehead atoms. The molecule has 288 valence electrons. The number of aryl methyl sites for hydroxylation is 1. The van der Waals surface area contributed by atoms with E-state index < -0.39 is 0 Å². The lowest BCUT2D eigenvalue weighted by atomic mass is 9.69. The molecule has 4 aliphatic rings. The van der Waals surface area contributed by atoms with Crippen LogP contribution in [0.4, 0.5) is 0 Å². The maximum absolute atomic E-state index is 4.99. The van der Waals surface area contributed by atoms with Gasteiger partial charge in [-0.2, -0.15) is 0 Å². The van der Waals surface area contributed by atoms with E-state index in [0.29, 0.717) is 17.5 Å². The standard InChI is InChI=1S/C56H44N4/c1-4-12-36(13-5-1)54-57-55(37-14-6-2-7-15-37)59-56(58-54)38-23-20-34(21-24-38)22-25-44-42-18-10-11-19-43(42)45-26-27-46-50-32-48-40-29-35-28-39(31-40)47(30-35)49(48)33-51(50)60(53(46)52(44)45)41-16-8-3-9-17-41/h1-21,23-24,26-27,32-33,35,39-40,44,47H,22,25,28-31H2. The van der Waals surface area contributed by atoms with E-state index >= 15 is 0 Å². The lowest BCUT2D eigenvalue weighted by Crippen LogP contribution is -2.22. The molecule has 2 saturated carbocycles. The van der Waals surface area contributed by atoms with Crippen molar-refractivity contribution in [2.24, 2.45) is 11.8 Å². The first kappa shape index (κ1) is 34.2. The van der Waals surface area contributed by atoms with Crippen molar-refractivity contribution in [3.63, 3.8) is 0 Å². The topological polar surface area (TPSA) is 43.6 Å². The molecule has 7 aromatic carbocycles. The second-order valence-corrected chi connectivity index (χ2v) is 17.9. The van der Waals surface area contributed by atoms with E-state index in [1.807, 2.05) is 36.4 Å². The lowest BCUT2D eigenvalue weighted by molar-refractivity contribution is 0.297. The maximum atomic E-state index is 4.99. The fourth-order valence-corrected chi connectivity index (χ4v) is 12.1. The van der Waals surface area contributed by atoms with Crippen LogP contribution in [0.25, 0.3) is 72.8 Å². The molecule has 0 N–H and O–H groups in total. The van der Waals surface area contributed by atoms with Gasteiger partial charge in [-0.15, -0.1) is 0 Å². The minimum atomic E-state index is 0.276. The number of hydrogen-bond donors (Lipinski definition) is 0. The molecule has 2 heterocycles. The highest BCUT2D eigenvalue weighted by molar-refractivity contribution is 6.13. The van der Waals surface area contributed by atoms with Gasteiger partial charge in [0.2, 0.25) is 0 Å². The van der Waals surface area contributed by atoms with Gasteiger partial charge in [-0.05, 0) is 125 Å². The van der Waals surface area contributed by atoms with Gasteiger partial charge in [-0.1, -0.05) is 140 Å². The Labute approximate surface area is 350 Å². The van der Waals surface area contributed by atoms with Crippen LogP contribution in [0.1, 0.15) is 77.7 Å². The van der Waals surface area contributed by atoms with Crippen LogP contribution in [0.5, 0.6) is 0 Å². The Balaban J connectivity index is 0.903. The Morgan fingerprint density at radius 3 is 1.87 bits per heavy atom. The van der Waals surface area contributed by atoms with Gasteiger partial charge in [0.1, 0.15) is 0 Å². The van der Waals surface area contributed by atoms with Gasteiger partial charge in [-0.25, -0.2) is 15.0 Å². The number of fused-ring (bicyclic) bond motifs is 12. The van der Waals surface area contributed by atoms with Crippen LogP contribution in [0.2, 0.25) is 0 Å². The van der Waals surface area contributed by atoms with E-state index in [1.165, 1.54) is 81.0 Å². The third-order valence-corrected chi connectivity index (χ3v) is 14.6. The first-order valence-corrected chi connectivity index (χ1v) is 22.0. The zero-order valence-electron chi connectivity index (χ0n) is 33.5. The average Bonchev–Trinajstić information content (AvgIpc) is 3.90.